The van der Waals surface area contributed by atoms with Gasteiger partial charge < -0.3 is 10.6 Å². The van der Waals surface area contributed by atoms with Gasteiger partial charge in [-0.1, -0.05) is 35.3 Å². The molecule has 2 rings (SSSR count). The number of hydrogen-bond donors (Lipinski definition) is 2. The molecule has 0 unspecified atom stereocenters. The van der Waals surface area contributed by atoms with Crippen LogP contribution < -0.4 is 10.6 Å². The van der Waals surface area contributed by atoms with Gasteiger partial charge in [0.2, 0.25) is 11.8 Å². The molecule has 0 aliphatic carbocycles. The molecule has 0 radical (unpaired) electrons. The zero-order valence-corrected chi connectivity index (χ0v) is 14.4. The molecule has 2 N–H and O–H groups in total. The highest BCUT2D eigenvalue weighted by molar-refractivity contribution is 6.35. The monoisotopic (exact) mass is 365 g/mol. The average molecular weight is 366 g/mol. The molecule has 2 amide bonds. The Kier molecular flexibility index (Phi) is 7.03. The molecular weight excluding hydrogens is 349 g/mol. The lowest BCUT2D eigenvalue weighted by Crippen LogP contribution is -2.32. The van der Waals surface area contributed by atoms with Crippen LogP contribution in [0.4, 0.5) is 0 Å². The minimum atomic E-state index is -0.345. The van der Waals surface area contributed by atoms with Crippen LogP contribution in [0.3, 0.4) is 0 Å². The third-order valence-corrected chi connectivity index (χ3v) is 3.83. The van der Waals surface area contributed by atoms with Gasteiger partial charge in [0.15, 0.2) is 0 Å². The molecule has 126 valence electrons. The van der Waals surface area contributed by atoms with Crippen molar-refractivity contribution in [2.75, 3.05) is 6.54 Å². The summed E-state index contributed by atoms with van der Waals surface area (Å²) in [6.07, 6.45) is 1.99. The van der Waals surface area contributed by atoms with Crippen molar-refractivity contribution in [3.63, 3.8) is 0 Å². The number of rotatable bonds is 7. The van der Waals surface area contributed by atoms with Crippen LogP contribution in [-0.4, -0.2) is 23.3 Å². The maximum Gasteiger partial charge on any atom is 0.229 e. The Hall–Kier alpha value is -2.11. The highest BCUT2D eigenvalue weighted by Gasteiger charge is 2.09. The van der Waals surface area contributed by atoms with Crippen molar-refractivity contribution in [2.45, 2.75) is 19.4 Å². The molecule has 0 aliphatic rings. The number of nitrogens with zero attached hydrogens (tertiary/aromatic N) is 1. The van der Waals surface area contributed by atoms with Gasteiger partial charge in [-0.05, 0) is 36.2 Å². The summed E-state index contributed by atoms with van der Waals surface area (Å²) in [5.74, 6) is -0.679. The van der Waals surface area contributed by atoms with Gasteiger partial charge >= 0.3 is 0 Å². The number of amides is 2. The number of halogens is 2. The summed E-state index contributed by atoms with van der Waals surface area (Å²) in [5.41, 5.74) is 1.63. The quantitative estimate of drug-likeness (QED) is 0.741. The maximum absolute atomic E-state index is 11.8. The molecule has 1 aromatic heterocycles. The largest absolute Gasteiger partial charge is 0.355 e. The molecule has 5 nitrogen and oxygen atoms in total. The smallest absolute Gasteiger partial charge is 0.229 e. The summed E-state index contributed by atoms with van der Waals surface area (Å²) in [4.78, 5) is 27.6. The van der Waals surface area contributed by atoms with Crippen molar-refractivity contribution in [2.24, 2.45) is 0 Å². The standard InChI is InChI=1S/C17H17Cl2N3O2/c18-13-5-4-12(15(19)9-13)6-8-21-16(23)10-17(24)22-11-14-3-1-2-7-20-14/h1-5,7,9H,6,8,10-11H2,(H,21,23)(H,22,24). The average Bonchev–Trinajstić information content (AvgIpc) is 2.56. The SMILES string of the molecule is O=C(CC(=O)NCc1ccccn1)NCCc1ccc(Cl)cc1Cl. The minimum Gasteiger partial charge on any atom is -0.355 e. The van der Waals surface area contributed by atoms with E-state index in [-0.39, 0.29) is 18.2 Å². The number of pyridine rings is 1. The van der Waals surface area contributed by atoms with Crippen LogP contribution in [0, 0.1) is 0 Å². The van der Waals surface area contributed by atoms with Gasteiger partial charge in [0.05, 0.1) is 12.2 Å². The fourth-order valence-electron chi connectivity index (χ4n) is 2.02. The molecular formula is C17H17Cl2N3O2. The van der Waals surface area contributed by atoms with E-state index >= 15 is 0 Å². The Bertz CT molecular complexity index is 708. The number of hydrogen-bond acceptors (Lipinski definition) is 3. The summed E-state index contributed by atoms with van der Waals surface area (Å²) < 4.78 is 0. The van der Waals surface area contributed by atoms with Gasteiger partial charge in [-0.3, -0.25) is 14.6 Å². The zero-order chi connectivity index (χ0) is 17.4. The van der Waals surface area contributed by atoms with Crippen molar-refractivity contribution < 1.29 is 9.59 Å². The second-order valence-electron chi connectivity index (χ2n) is 5.11. The molecule has 0 fully saturated rings. The first-order chi connectivity index (χ1) is 11.5. The second kappa shape index (κ2) is 9.25. The third-order valence-electron chi connectivity index (χ3n) is 3.25. The fraction of sp³-hybridized carbons (Fsp3) is 0.235. The highest BCUT2D eigenvalue weighted by Crippen LogP contribution is 2.20. The van der Waals surface area contributed by atoms with Crippen molar-refractivity contribution in [3.8, 4) is 0 Å². The van der Waals surface area contributed by atoms with E-state index in [9.17, 15) is 9.59 Å². The Labute approximate surface area is 150 Å². The number of carbonyl (C=O) groups excluding carboxylic acids is 2. The van der Waals surface area contributed by atoms with E-state index in [1.165, 1.54) is 0 Å². The van der Waals surface area contributed by atoms with Crippen LogP contribution in [0.15, 0.2) is 42.6 Å². The molecule has 0 saturated heterocycles. The van der Waals surface area contributed by atoms with Gasteiger partial charge in [-0.2, -0.15) is 0 Å². The van der Waals surface area contributed by atoms with Crippen molar-refractivity contribution in [1.82, 2.24) is 15.6 Å². The summed E-state index contributed by atoms with van der Waals surface area (Å²) in [6, 6.07) is 10.7. The van der Waals surface area contributed by atoms with Gasteiger partial charge in [0.1, 0.15) is 6.42 Å². The molecule has 0 atom stereocenters. The van der Waals surface area contributed by atoms with E-state index in [2.05, 4.69) is 15.6 Å². The van der Waals surface area contributed by atoms with Gasteiger partial charge in [0.25, 0.3) is 0 Å². The highest BCUT2D eigenvalue weighted by atomic mass is 35.5. The van der Waals surface area contributed by atoms with E-state index in [1.807, 2.05) is 12.1 Å². The van der Waals surface area contributed by atoms with Crippen molar-refractivity contribution in [3.05, 3.63) is 63.9 Å². The first-order valence-corrected chi connectivity index (χ1v) is 8.17. The molecule has 1 aromatic carbocycles. The maximum atomic E-state index is 11.8. The topological polar surface area (TPSA) is 71.1 Å². The minimum absolute atomic E-state index is 0.221. The van der Waals surface area contributed by atoms with Gasteiger partial charge in [-0.25, -0.2) is 0 Å². The van der Waals surface area contributed by atoms with Gasteiger partial charge in [-0.15, -0.1) is 0 Å². The van der Waals surface area contributed by atoms with Crippen LogP contribution in [0.25, 0.3) is 0 Å². The summed E-state index contributed by atoms with van der Waals surface area (Å²) in [5, 5.41) is 6.48. The Morgan fingerprint density at radius 1 is 1.04 bits per heavy atom. The molecule has 24 heavy (non-hydrogen) atoms. The van der Waals surface area contributed by atoms with E-state index in [4.69, 9.17) is 23.2 Å². The van der Waals surface area contributed by atoms with E-state index < -0.39 is 0 Å². The van der Waals surface area contributed by atoms with Crippen LogP contribution in [0.1, 0.15) is 17.7 Å². The number of benzene rings is 1. The zero-order valence-electron chi connectivity index (χ0n) is 12.9. The van der Waals surface area contributed by atoms with Crippen LogP contribution in [-0.2, 0) is 22.6 Å². The first kappa shape index (κ1) is 18.2. The molecule has 0 spiro atoms. The lowest BCUT2D eigenvalue weighted by atomic mass is 10.1. The lowest BCUT2D eigenvalue weighted by Gasteiger charge is -2.08. The number of aromatic nitrogens is 1. The molecule has 0 aliphatic heterocycles. The van der Waals surface area contributed by atoms with Crippen molar-refractivity contribution >= 4 is 35.0 Å². The predicted octanol–water partition coefficient (Wildman–Crippen LogP) is 2.75. The third kappa shape index (κ3) is 6.18. The number of nitrogens with one attached hydrogen (secondary N) is 2. The lowest BCUT2D eigenvalue weighted by molar-refractivity contribution is -0.129. The molecule has 2 aromatic rings. The van der Waals surface area contributed by atoms with E-state index in [1.54, 1.807) is 30.5 Å². The van der Waals surface area contributed by atoms with Crippen LogP contribution in [0.2, 0.25) is 10.0 Å². The summed E-state index contributed by atoms with van der Waals surface area (Å²) in [7, 11) is 0. The normalized spacial score (nSPS) is 10.2. The molecule has 0 bridgehead atoms. The first-order valence-electron chi connectivity index (χ1n) is 7.42. The van der Waals surface area contributed by atoms with Crippen LogP contribution >= 0.6 is 23.2 Å². The molecule has 7 heteroatoms. The Morgan fingerprint density at radius 3 is 2.54 bits per heavy atom. The van der Waals surface area contributed by atoms with E-state index in [0.29, 0.717) is 29.6 Å². The van der Waals surface area contributed by atoms with Gasteiger partial charge in [0, 0.05) is 22.8 Å². The molecule has 1 heterocycles. The Balaban J connectivity index is 1.68. The molecule has 0 saturated carbocycles. The fourth-order valence-corrected chi connectivity index (χ4v) is 2.53. The number of carbonyl (C=O) groups is 2. The Morgan fingerprint density at radius 2 is 1.83 bits per heavy atom. The van der Waals surface area contributed by atoms with E-state index in [0.717, 1.165) is 11.3 Å². The summed E-state index contributed by atoms with van der Waals surface area (Å²) >= 11 is 11.9. The second-order valence-corrected chi connectivity index (χ2v) is 5.95. The predicted molar refractivity (Wildman–Crippen MR) is 93.9 cm³/mol. The van der Waals surface area contributed by atoms with Crippen LogP contribution in [0.5, 0.6) is 0 Å². The van der Waals surface area contributed by atoms with Crippen molar-refractivity contribution in [1.29, 1.82) is 0 Å². The summed E-state index contributed by atoms with van der Waals surface area (Å²) in [6.45, 7) is 0.695.